The van der Waals surface area contributed by atoms with E-state index in [4.69, 9.17) is 14.5 Å². The monoisotopic (exact) mass is 432 g/mol. The summed E-state index contributed by atoms with van der Waals surface area (Å²) in [5, 5.41) is 12.3. The summed E-state index contributed by atoms with van der Waals surface area (Å²) in [5.74, 6) is 1.91. The van der Waals surface area contributed by atoms with E-state index >= 15 is 0 Å². The molecule has 1 saturated heterocycles. The van der Waals surface area contributed by atoms with Crippen molar-refractivity contribution in [3.8, 4) is 23.1 Å². The van der Waals surface area contributed by atoms with Gasteiger partial charge in [-0.1, -0.05) is 0 Å². The van der Waals surface area contributed by atoms with Gasteiger partial charge in [0.15, 0.2) is 0 Å². The molecule has 4 rings (SSSR count). The van der Waals surface area contributed by atoms with Crippen molar-refractivity contribution in [2.24, 2.45) is 7.05 Å². The van der Waals surface area contributed by atoms with Crippen molar-refractivity contribution in [2.45, 2.75) is 6.10 Å². The predicted molar refractivity (Wildman–Crippen MR) is 121 cm³/mol. The molecule has 0 spiro atoms. The number of ether oxygens (including phenoxy) is 2. The number of benzene rings is 1. The van der Waals surface area contributed by atoms with Crippen LogP contribution in [0.4, 0.5) is 11.8 Å². The molecule has 32 heavy (non-hydrogen) atoms. The van der Waals surface area contributed by atoms with Crippen LogP contribution in [0.25, 0.3) is 11.3 Å². The number of hydrogen-bond donors (Lipinski definition) is 1. The zero-order valence-corrected chi connectivity index (χ0v) is 18.2. The maximum absolute atomic E-state index is 12.7. The third-order valence-corrected chi connectivity index (χ3v) is 5.48. The molecule has 1 aliphatic rings. The zero-order chi connectivity index (χ0) is 22.7. The Morgan fingerprint density at radius 1 is 1.28 bits per heavy atom. The highest BCUT2D eigenvalue weighted by molar-refractivity contribution is 5.63. The number of nitrogens with one attached hydrogen (secondary N) is 1. The highest BCUT2D eigenvalue weighted by Crippen LogP contribution is 2.32. The Balaban J connectivity index is 1.70. The average molecular weight is 432 g/mol. The molecule has 0 unspecified atom stereocenters. The van der Waals surface area contributed by atoms with E-state index in [0.29, 0.717) is 48.5 Å². The molecular formula is C23H24N6O3. The number of hydrogen-bond acceptors (Lipinski definition) is 8. The Bertz CT molecular complexity index is 1230. The van der Waals surface area contributed by atoms with Crippen LogP contribution in [-0.2, 0) is 11.8 Å². The van der Waals surface area contributed by atoms with E-state index in [1.165, 1.54) is 10.6 Å². The number of methoxy groups -OCH3 is 1. The fourth-order valence-corrected chi connectivity index (χ4v) is 3.76. The quantitative estimate of drug-likeness (QED) is 0.655. The van der Waals surface area contributed by atoms with Gasteiger partial charge in [0.2, 0.25) is 5.95 Å². The van der Waals surface area contributed by atoms with Crippen LogP contribution >= 0.6 is 0 Å². The lowest BCUT2D eigenvalue weighted by Gasteiger charge is -2.35. The molecule has 9 heteroatoms. The lowest BCUT2D eigenvalue weighted by molar-refractivity contribution is 0.0374. The van der Waals surface area contributed by atoms with Crippen LogP contribution in [-0.4, -0.2) is 48.4 Å². The molecule has 3 aromatic rings. The Kier molecular flexibility index (Phi) is 6.05. The van der Waals surface area contributed by atoms with Crippen molar-refractivity contribution >= 4 is 11.8 Å². The highest BCUT2D eigenvalue weighted by atomic mass is 16.5. The minimum Gasteiger partial charge on any atom is -0.496 e. The molecule has 1 aliphatic heterocycles. The van der Waals surface area contributed by atoms with E-state index in [1.54, 1.807) is 45.6 Å². The van der Waals surface area contributed by atoms with Crippen molar-refractivity contribution in [3.63, 3.8) is 0 Å². The Morgan fingerprint density at radius 2 is 2.12 bits per heavy atom. The predicted octanol–water partition coefficient (Wildman–Crippen LogP) is 2.34. The first-order valence-corrected chi connectivity index (χ1v) is 10.2. The topological polar surface area (TPSA) is 105 Å². The maximum Gasteiger partial charge on any atom is 0.255 e. The SMILES string of the molecule is CNc1cc(-c2cc(=O)n(C)c(N3CCO[C@@H](c4cc(C#N)ccc4OC)C3)n2)ccn1. The molecule has 1 fully saturated rings. The van der Waals surface area contributed by atoms with Crippen molar-refractivity contribution < 1.29 is 9.47 Å². The molecule has 0 bridgehead atoms. The van der Waals surface area contributed by atoms with E-state index in [9.17, 15) is 10.1 Å². The van der Waals surface area contributed by atoms with Crippen LogP contribution in [0.3, 0.4) is 0 Å². The highest BCUT2D eigenvalue weighted by Gasteiger charge is 2.27. The average Bonchev–Trinajstić information content (AvgIpc) is 2.85. The zero-order valence-electron chi connectivity index (χ0n) is 18.2. The molecule has 1 atom stereocenters. The summed E-state index contributed by atoms with van der Waals surface area (Å²) < 4.78 is 13.0. The van der Waals surface area contributed by atoms with E-state index in [1.807, 2.05) is 17.0 Å². The third kappa shape index (κ3) is 4.13. The summed E-state index contributed by atoms with van der Waals surface area (Å²) in [5.41, 5.74) is 2.56. The van der Waals surface area contributed by atoms with E-state index in [0.717, 1.165) is 11.1 Å². The molecular weight excluding hydrogens is 408 g/mol. The molecule has 1 N–H and O–H groups in total. The fourth-order valence-electron chi connectivity index (χ4n) is 3.76. The first kappa shape index (κ1) is 21.3. The summed E-state index contributed by atoms with van der Waals surface area (Å²) >= 11 is 0. The van der Waals surface area contributed by atoms with Gasteiger partial charge in [0.05, 0.1) is 37.6 Å². The van der Waals surface area contributed by atoms with Crippen molar-refractivity contribution in [1.82, 2.24) is 14.5 Å². The lowest BCUT2D eigenvalue weighted by Crippen LogP contribution is -2.41. The number of pyridine rings is 1. The Morgan fingerprint density at radius 3 is 2.88 bits per heavy atom. The van der Waals surface area contributed by atoms with Gasteiger partial charge >= 0.3 is 0 Å². The van der Waals surface area contributed by atoms with E-state index < -0.39 is 0 Å². The van der Waals surface area contributed by atoms with Gasteiger partial charge in [-0.25, -0.2) is 9.97 Å². The molecule has 3 heterocycles. The Labute approximate surface area is 185 Å². The van der Waals surface area contributed by atoms with Crippen molar-refractivity contribution in [2.75, 3.05) is 44.1 Å². The van der Waals surface area contributed by atoms with Gasteiger partial charge in [-0.05, 0) is 30.3 Å². The van der Waals surface area contributed by atoms with E-state index in [2.05, 4.69) is 16.4 Å². The molecule has 9 nitrogen and oxygen atoms in total. The maximum atomic E-state index is 12.7. The molecule has 0 saturated carbocycles. The van der Waals surface area contributed by atoms with Crippen LogP contribution in [0.1, 0.15) is 17.2 Å². The smallest absolute Gasteiger partial charge is 0.255 e. The van der Waals surface area contributed by atoms with E-state index in [-0.39, 0.29) is 11.7 Å². The molecule has 164 valence electrons. The lowest BCUT2D eigenvalue weighted by atomic mass is 10.0. The second kappa shape index (κ2) is 9.08. The first-order chi connectivity index (χ1) is 15.5. The summed E-state index contributed by atoms with van der Waals surface area (Å²) in [6.45, 7) is 1.50. The first-order valence-electron chi connectivity index (χ1n) is 10.2. The number of aromatic nitrogens is 3. The van der Waals surface area contributed by atoms with Gasteiger partial charge in [-0.15, -0.1) is 0 Å². The number of morpholine rings is 1. The van der Waals surface area contributed by atoms with Gasteiger partial charge in [-0.2, -0.15) is 5.26 Å². The van der Waals surface area contributed by atoms with Crippen LogP contribution in [0, 0.1) is 11.3 Å². The second-order valence-electron chi connectivity index (χ2n) is 7.39. The Hall–Kier alpha value is -3.90. The number of rotatable bonds is 5. The molecule has 0 aliphatic carbocycles. The van der Waals surface area contributed by atoms with Crippen LogP contribution in [0.15, 0.2) is 47.4 Å². The van der Waals surface area contributed by atoms with Crippen LogP contribution < -0.4 is 20.5 Å². The molecule has 0 amide bonds. The van der Waals surface area contributed by atoms with Crippen LogP contribution in [0.2, 0.25) is 0 Å². The number of nitrogens with zero attached hydrogens (tertiary/aromatic N) is 5. The van der Waals surface area contributed by atoms with Gasteiger partial charge in [-0.3, -0.25) is 9.36 Å². The largest absolute Gasteiger partial charge is 0.496 e. The minimum atomic E-state index is -0.329. The number of nitriles is 1. The van der Waals surface area contributed by atoms with Gasteiger partial charge in [0.1, 0.15) is 17.7 Å². The minimum absolute atomic E-state index is 0.153. The van der Waals surface area contributed by atoms with Gasteiger partial charge in [0.25, 0.3) is 5.56 Å². The summed E-state index contributed by atoms with van der Waals surface area (Å²) in [6.07, 6.45) is 1.35. The summed E-state index contributed by atoms with van der Waals surface area (Å²) in [4.78, 5) is 23.8. The van der Waals surface area contributed by atoms with Gasteiger partial charge in [0, 0.05) is 44.0 Å². The molecule has 0 radical (unpaired) electrons. The van der Waals surface area contributed by atoms with Crippen molar-refractivity contribution in [3.05, 3.63) is 64.1 Å². The standard InChI is InChI=1S/C23H24N6O3/c1-25-21-11-16(6-7-26-21)18-12-22(30)28(2)23(27-18)29-8-9-32-20(14-29)17-10-15(13-24)4-5-19(17)31-3/h4-7,10-12,20H,8-9,14H2,1-3H3,(H,25,26)/t20-/m1/s1. The second-order valence-corrected chi connectivity index (χ2v) is 7.39. The third-order valence-electron chi connectivity index (χ3n) is 5.48. The van der Waals surface area contributed by atoms with Crippen LogP contribution in [0.5, 0.6) is 5.75 Å². The van der Waals surface area contributed by atoms with Crippen molar-refractivity contribution in [1.29, 1.82) is 5.26 Å². The number of anilines is 2. The van der Waals surface area contributed by atoms with Gasteiger partial charge < -0.3 is 19.7 Å². The normalized spacial score (nSPS) is 15.8. The fraction of sp³-hybridized carbons (Fsp3) is 0.304. The summed E-state index contributed by atoms with van der Waals surface area (Å²) in [7, 11) is 5.09. The molecule has 1 aromatic carbocycles. The molecule has 2 aromatic heterocycles. The summed E-state index contributed by atoms with van der Waals surface area (Å²) in [6, 6.07) is 12.6.